The second kappa shape index (κ2) is 4.77. The van der Waals surface area contributed by atoms with Gasteiger partial charge in [-0.15, -0.1) is 10.2 Å². The predicted octanol–water partition coefficient (Wildman–Crippen LogP) is -0.0924. The maximum absolute atomic E-state index is 12.4. The predicted molar refractivity (Wildman–Crippen MR) is 74.7 cm³/mol. The number of nitrogens with zero attached hydrogens (tertiary/aromatic N) is 5. The molecule has 116 valence electrons. The van der Waals surface area contributed by atoms with Crippen LogP contribution < -0.4 is 0 Å². The van der Waals surface area contributed by atoms with E-state index in [4.69, 9.17) is 0 Å². The highest BCUT2D eigenvalue weighted by Gasteiger charge is 2.42. The summed E-state index contributed by atoms with van der Waals surface area (Å²) >= 11 is 0. The van der Waals surface area contributed by atoms with E-state index in [0.717, 1.165) is 31.5 Å². The Morgan fingerprint density at radius 2 is 2.10 bits per heavy atom. The van der Waals surface area contributed by atoms with E-state index in [9.17, 15) is 13.2 Å². The Bertz CT molecular complexity index is 683. The van der Waals surface area contributed by atoms with Crippen LogP contribution in [0, 0.1) is 0 Å². The molecular weight excluding hydrogens is 294 g/mol. The highest BCUT2D eigenvalue weighted by molar-refractivity contribution is 7.88. The highest BCUT2D eigenvalue weighted by atomic mass is 32.2. The minimum Gasteiger partial charge on any atom is -0.331 e. The zero-order valence-corrected chi connectivity index (χ0v) is 13.2. The van der Waals surface area contributed by atoms with Crippen LogP contribution in [0.3, 0.4) is 0 Å². The number of rotatable bonds is 3. The van der Waals surface area contributed by atoms with E-state index in [1.807, 2.05) is 11.8 Å². The van der Waals surface area contributed by atoms with Crippen molar-refractivity contribution in [1.82, 2.24) is 24.0 Å². The SMILES string of the molecule is C[C@H]1C(=O)N2CCC[C@@H]2c2nnc(CN(C)S(C)(=O)=O)n21. The van der Waals surface area contributed by atoms with E-state index in [2.05, 4.69) is 10.2 Å². The maximum atomic E-state index is 12.4. The molecule has 2 aliphatic rings. The van der Waals surface area contributed by atoms with E-state index >= 15 is 0 Å². The standard InChI is InChI=1S/C12H19N5O3S/c1-8-12(18)16-6-4-5-9(16)11-14-13-10(17(8)11)7-15(2)21(3,19)20/h8-9H,4-7H2,1-3H3/t8-,9+/m0/s1. The molecule has 0 radical (unpaired) electrons. The van der Waals surface area contributed by atoms with E-state index in [1.165, 1.54) is 11.4 Å². The number of hydrogen-bond donors (Lipinski definition) is 0. The van der Waals surface area contributed by atoms with E-state index in [0.29, 0.717) is 5.82 Å². The van der Waals surface area contributed by atoms with Crippen molar-refractivity contribution < 1.29 is 13.2 Å². The lowest BCUT2D eigenvalue weighted by atomic mass is 10.1. The fourth-order valence-electron chi connectivity index (χ4n) is 3.06. The number of aromatic nitrogens is 3. The zero-order valence-electron chi connectivity index (χ0n) is 12.4. The normalized spacial score (nSPS) is 25.3. The van der Waals surface area contributed by atoms with Gasteiger partial charge in [0.25, 0.3) is 0 Å². The Labute approximate surface area is 123 Å². The third-order valence-corrected chi connectivity index (χ3v) is 5.56. The van der Waals surface area contributed by atoms with Crippen LogP contribution >= 0.6 is 0 Å². The van der Waals surface area contributed by atoms with Crippen molar-refractivity contribution >= 4 is 15.9 Å². The van der Waals surface area contributed by atoms with Gasteiger partial charge in [-0.3, -0.25) is 9.36 Å². The van der Waals surface area contributed by atoms with Gasteiger partial charge in [-0.05, 0) is 19.8 Å². The number of carbonyl (C=O) groups excluding carboxylic acids is 1. The molecule has 0 bridgehead atoms. The summed E-state index contributed by atoms with van der Waals surface area (Å²) in [6, 6.07) is -0.397. The molecule has 0 aromatic carbocycles. The van der Waals surface area contributed by atoms with Crippen LogP contribution in [-0.2, 0) is 21.4 Å². The Balaban J connectivity index is 1.99. The average Bonchev–Trinajstić information content (AvgIpc) is 3.01. The number of hydrogen-bond acceptors (Lipinski definition) is 5. The zero-order chi connectivity index (χ0) is 15.4. The smallest absolute Gasteiger partial charge is 0.246 e. The fraction of sp³-hybridized carbons (Fsp3) is 0.750. The molecule has 2 atom stereocenters. The van der Waals surface area contributed by atoms with Gasteiger partial charge < -0.3 is 4.90 Å². The Kier molecular flexibility index (Phi) is 3.28. The summed E-state index contributed by atoms with van der Waals surface area (Å²) in [6.45, 7) is 2.70. The second-order valence-corrected chi connectivity index (χ2v) is 7.82. The molecule has 1 saturated heterocycles. The third kappa shape index (κ3) is 2.24. The van der Waals surface area contributed by atoms with Gasteiger partial charge in [0.05, 0.1) is 18.8 Å². The molecule has 21 heavy (non-hydrogen) atoms. The molecule has 0 saturated carbocycles. The van der Waals surface area contributed by atoms with Crippen molar-refractivity contribution in [3.8, 4) is 0 Å². The van der Waals surface area contributed by atoms with Gasteiger partial charge in [-0.2, -0.15) is 4.31 Å². The molecule has 1 fully saturated rings. The Morgan fingerprint density at radius 1 is 1.38 bits per heavy atom. The first-order valence-corrected chi connectivity index (χ1v) is 8.81. The van der Waals surface area contributed by atoms with Crippen molar-refractivity contribution in [3.63, 3.8) is 0 Å². The third-order valence-electron chi connectivity index (χ3n) is 4.30. The van der Waals surface area contributed by atoms with Crippen LogP contribution in [0.25, 0.3) is 0 Å². The van der Waals surface area contributed by atoms with Crippen LogP contribution in [0.5, 0.6) is 0 Å². The molecule has 3 heterocycles. The van der Waals surface area contributed by atoms with Crippen molar-refractivity contribution in [2.24, 2.45) is 0 Å². The van der Waals surface area contributed by atoms with E-state index < -0.39 is 10.0 Å². The Morgan fingerprint density at radius 3 is 2.76 bits per heavy atom. The lowest BCUT2D eigenvalue weighted by molar-refractivity contribution is -0.137. The fourth-order valence-corrected chi connectivity index (χ4v) is 3.41. The van der Waals surface area contributed by atoms with Gasteiger partial charge in [0, 0.05) is 13.6 Å². The average molecular weight is 313 g/mol. The highest BCUT2D eigenvalue weighted by Crippen LogP contribution is 2.38. The summed E-state index contributed by atoms with van der Waals surface area (Å²) < 4.78 is 26.1. The lowest BCUT2D eigenvalue weighted by Crippen LogP contribution is -2.43. The molecule has 1 amide bonds. The molecule has 8 nitrogen and oxygen atoms in total. The van der Waals surface area contributed by atoms with Gasteiger partial charge >= 0.3 is 0 Å². The maximum Gasteiger partial charge on any atom is 0.246 e. The van der Waals surface area contributed by atoms with E-state index in [1.54, 1.807) is 4.57 Å². The van der Waals surface area contributed by atoms with Gasteiger partial charge in [-0.25, -0.2) is 8.42 Å². The van der Waals surface area contributed by atoms with Crippen molar-refractivity contribution in [2.45, 2.75) is 38.4 Å². The first kappa shape index (κ1) is 14.5. The Hall–Kier alpha value is -1.48. The molecule has 2 aliphatic heterocycles. The minimum absolute atomic E-state index is 0.0153. The van der Waals surface area contributed by atoms with Crippen molar-refractivity contribution in [1.29, 1.82) is 0 Å². The quantitative estimate of drug-likeness (QED) is 0.778. The van der Waals surface area contributed by atoms with Crippen LogP contribution in [0.15, 0.2) is 0 Å². The largest absolute Gasteiger partial charge is 0.331 e. The van der Waals surface area contributed by atoms with Crippen LogP contribution in [-0.4, -0.2) is 58.1 Å². The number of carbonyl (C=O) groups is 1. The van der Waals surface area contributed by atoms with Crippen LogP contribution in [0.1, 0.15) is 43.5 Å². The second-order valence-electron chi connectivity index (χ2n) is 5.73. The van der Waals surface area contributed by atoms with Gasteiger partial charge in [0.15, 0.2) is 5.82 Å². The summed E-state index contributed by atoms with van der Waals surface area (Å²) in [5.74, 6) is 1.36. The molecule has 1 aromatic rings. The summed E-state index contributed by atoms with van der Waals surface area (Å²) in [5, 5.41) is 8.34. The van der Waals surface area contributed by atoms with Crippen LogP contribution in [0.2, 0.25) is 0 Å². The minimum atomic E-state index is -3.30. The number of fused-ring (bicyclic) bond motifs is 3. The molecule has 1 aromatic heterocycles. The first-order valence-electron chi connectivity index (χ1n) is 6.96. The number of amides is 1. The lowest BCUT2D eigenvalue weighted by Gasteiger charge is -2.34. The first-order chi connectivity index (χ1) is 9.80. The van der Waals surface area contributed by atoms with Crippen molar-refractivity contribution in [3.05, 3.63) is 11.6 Å². The van der Waals surface area contributed by atoms with Gasteiger partial charge in [0.1, 0.15) is 11.9 Å². The van der Waals surface area contributed by atoms with Gasteiger partial charge in [0.2, 0.25) is 15.9 Å². The molecule has 0 N–H and O–H groups in total. The number of sulfonamides is 1. The molecule has 3 rings (SSSR count). The molecule has 9 heteroatoms. The summed E-state index contributed by atoms with van der Waals surface area (Å²) in [7, 11) is -1.80. The molecule has 0 unspecified atom stereocenters. The monoisotopic (exact) mass is 313 g/mol. The van der Waals surface area contributed by atoms with E-state index in [-0.39, 0.29) is 24.5 Å². The molecule has 0 aliphatic carbocycles. The summed E-state index contributed by atoms with van der Waals surface area (Å²) in [5.41, 5.74) is 0. The summed E-state index contributed by atoms with van der Waals surface area (Å²) in [4.78, 5) is 14.3. The van der Waals surface area contributed by atoms with Crippen molar-refractivity contribution in [2.75, 3.05) is 19.8 Å². The topological polar surface area (TPSA) is 88.4 Å². The molecule has 0 spiro atoms. The van der Waals surface area contributed by atoms with Crippen LogP contribution in [0.4, 0.5) is 0 Å². The summed E-state index contributed by atoms with van der Waals surface area (Å²) in [6.07, 6.45) is 3.00. The van der Waals surface area contributed by atoms with Gasteiger partial charge in [-0.1, -0.05) is 0 Å². The molecular formula is C12H19N5O3S.